The number of esters is 1. The molecule has 10 heteroatoms. The molecule has 2 aromatic rings. The number of nitrogens with zero attached hydrogens (tertiary/aromatic N) is 3. The molecule has 4 heterocycles. The third kappa shape index (κ3) is 5.23. The number of carbonyl (C=O) groups is 4. The van der Waals surface area contributed by atoms with Crippen molar-refractivity contribution in [1.82, 2.24) is 9.80 Å². The number of allylic oxidation sites excluding steroid dienone is 1. The smallest absolute Gasteiger partial charge is 0.313 e. The van der Waals surface area contributed by atoms with Gasteiger partial charge in [0.05, 0.1) is 24.7 Å². The van der Waals surface area contributed by atoms with Crippen LogP contribution in [0.5, 0.6) is 0 Å². The van der Waals surface area contributed by atoms with E-state index in [4.69, 9.17) is 9.47 Å². The van der Waals surface area contributed by atoms with Gasteiger partial charge in [-0.05, 0) is 49.9 Å². The van der Waals surface area contributed by atoms with Crippen LogP contribution in [0.15, 0.2) is 72.8 Å². The molecule has 0 saturated carbocycles. The van der Waals surface area contributed by atoms with Gasteiger partial charge in [-0.2, -0.15) is 0 Å². The lowest BCUT2D eigenvalue weighted by Crippen LogP contribution is -2.55. The van der Waals surface area contributed by atoms with Crippen molar-refractivity contribution in [2.24, 2.45) is 11.8 Å². The Hall–Kier alpha value is -4.28. The molecule has 3 amide bonds. The quantitative estimate of drug-likeness (QED) is 0.409. The van der Waals surface area contributed by atoms with Gasteiger partial charge in [0.1, 0.15) is 23.7 Å². The molecule has 2 fully saturated rings. The Kier molecular flexibility index (Phi) is 8.60. The van der Waals surface area contributed by atoms with Gasteiger partial charge in [-0.15, -0.1) is 0 Å². The summed E-state index contributed by atoms with van der Waals surface area (Å²) in [5.41, 5.74) is 1.85. The van der Waals surface area contributed by atoms with E-state index < -0.39 is 53.6 Å². The average Bonchev–Trinajstić information content (AvgIpc) is 3.43. The van der Waals surface area contributed by atoms with Crippen LogP contribution >= 0.6 is 0 Å². The summed E-state index contributed by atoms with van der Waals surface area (Å²) in [6, 6.07) is 13.5. The number of carbonyl (C=O) groups excluding carboxylic acids is 4. The number of likely N-dealkylation sites (N-methyl/N-ethyl adjacent to an activating group) is 1. The maximum Gasteiger partial charge on any atom is 0.313 e. The number of likely N-dealkylation sites (tertiary alicyclic amines) is 1. The fraction of sp³-hybridized carbons (Fsp3) is 0.444. The molecule has 0 unspecified atom stereocenters. The molecule has 0 aromatic heterocycles. The SMILES string of the molecule is Cc1ccc(C)c(N2CC=C[C@@]34O[C@H]5/C=C\CCC(=O)N(C)[C@@H](C)[C@H](c6ccccc6)OC(=O)[C@H]5[C@@H]3C(=O)N(CCO)[C@H]4C2=O)c1. The van der Waals surface area contributed by atoms with Crippen molar-refractivity contribution in [2.75, 3.05) is 31.6 Å². The summed E-state index contributed by atoms with van der Waals surface area (Å²) in [5, 5.41) is 10.0. The number of amides is 3. The fourth-order valence-corrected chi connectivity index (χ4v) is 7.46. The Morgan fingerprint density at radius 1 is 1.00 bits per heavy atom. The summed E-state index contributed by atoms with van der Waals surface area (Å²) in [6.07, 6.45) is 6.07. The van der Waals surface area contributed by atoms with Crippen LogP contribution in [0, 0.1) is 25.7 Å². The van der Waals surface area contributed by atoms with Gasteiger partial charge in [-0.1, -0.05) is 66.8 Å². The van der Waals surface area contributed by atoms with Gasteiger partial charge in [0.15, 0.2) is 0 Å². The highest BCUT2D eigenvalue weighted by Crippen LogP contribution is 2.53. The van der Waals surface area contributed by atoms with Gasteiger partial charge < -0.3 is 29.3 Å². The Balaban J connectivity index is 1.45. The minimum Gasteiger partial charge on any atom is -0.455 e. The van der Waals surface area contributed by atoms with Crippen molar-refractivity contribution in [2.45, 2.75) is 63.5 Å². The molecule has 2 saturated heterocycles. The van der Waals surface area contributed by atoms with Crippen molar-refractivity contribution in [3.63, 3.8) is 0 Å². The van der Waals surface area contributed by atoms with E-state index in [1.807, 2.05) is 75.4 Å². The lowest BCUT2D eigenvalue weighted by molar-refractivity contribution is -0.164. The summed E-state index contributed by atoms with van der Waals surface area (Å²) in [4.78, 5) is 61.1. The Labute approximate surface area is 269 Å². The molecule has 4 aliphatic rings. The Morgan fingerprint density at radius 2 is 1.76 bits per heavy atom. The van der Waals surface area contributed by atoms with Crippen molar-refractivity contribution >= 4 is 29.4 Å². The van der Waals surface area contributed by atoms with Gasteiger partial charge in [-0.25, -0.2) is 0 Å². The minimum atomic E-state index is -1.48. The maximum absolute atomic E-state index is 14.6. The van der Waals surface area contributed by atoms with E-state index in [2.05, 4.69) is 0 Å². The molecule has 46 heavy (non-hydrogen) atoms. The molecule has 0 radical (unpaired) electrons. The highest BCUT2D eigenvalue weighted by Gasteiger charge is 2.72. The molecule has 2 aromatic carbocycles. The standard InChI is InChI=1S/C36H41N3O7/c1-22-15-16-23(2)26(21-22)38-18-10-17-36-30(33(42)39(19-20-40)32(36)34(38)43)29-27(46-36)13-8-9-14-28(41)37(4)24(3)31(45-35(29)44)25-11-6-5-7-12-25/h5-8,10-13,15-17,21,24,27,29-32,40H,9,14,18-20H2,1-4H3/b13-8-/t24-,27-,29+,30+,31+,32-,36+/m0/s1. The summed E-state index contributed by atoms with van der Waals surface area (Å²) in [7, 11) is 1.70. The van der Waals surface area contributed by atoms with E-state index in [-0.39, 0.29) is 37.9 Å². The number of ether oxygens (including phenoxy) is 2. The second-order valence-corrected chi connectivity index (χ2v) is 12.7. The highest BCUT2D eigenvalue weighted by atomic mass is 16.6. The molecular weight excluding hydrogens is 586 g/mol. The summed E-state index contributed by atoms with van der Waals surface area (Å²) in [6.45, 7) is 5.51. The van der Waals surface area contributed by atoms with Gasteiger partial charge in [0.25, 0.3) is 5.91 Å². The van der Waals surface area contributed by atoms with E-state index in [0.717, 1.165) is 16.8 Å². The zero-order chi connectivity index (χ0) is 32.7. The molecule has 6 rings (SSSR count). The topological polar surface area (TPSA) is 117 Å². The molecule has 10 nitrogen and oxygen atoms in total. The Bertz CT molecular complexity index is 1590. The molecule has 4 aliphatic heterocycles. The van der Waals surface area contributed by atoms with Crippen LogP contribution in [0.4, 0.5) is 5.69 Å². The van der Waals surface area contributed by atoms with Crippen LogP contribution in [0.2, 0.25) is 0 Å². The highest BCUT2D eigenvalue weighted by molar-refractivity contribution is 6.06. The van der Waals surface area contributed by atoms with E-state index >= 15 is 0 Å². The van der Waals surface area contributed by atoms with E-state index in [0.29, 0.717) is 12.0 Å². The first kappa shape index (κ1) is 31.7. The molecule has 7 atom stereocenters. The van der Waals surface area contributed by atoms with E-state index in [1.165, 1.54) is 4.90 Å². The number of aryl methyl sites for hydroxylation is 2. The molecule has 0 bridgehead atoms. The Morgan fingerprint density at radius 3 is 2.50 bits per heavy atom. The van der Waals surface area contributed by atoms with Gasteiger partial charge in [-0.3, -0.25) is 19.2 Å². The molecular formula is C36H41N3O7. The van der Waals surface area contributed by atoms with E-state index in [9.17, 15) is 24.3 Å². The minimum absolute atomic E-state index is 0.0900. The van der Waals surface area contributed by atoms with Crippen LogP contribution < -0.4 is 4.90 Å². The average molecular weight is 628 g/mol. The predicted octanol–water partition coefficient (Wildman–Crippen LogP) is 3.26. The van der Waals surface area contributed by atoms with Crippen molar-refractivity contribution in [3.8, 4) is 0 Å². The van der Waals surface area contributed by atoms with Crippen LogP contribution in [0.25, 0.3) is 0 Å². The van der Waals surface area contributed by atoms with Crippen LogP contribution in [0.3, 0.4) is 0 Å². The monoisotopic (exact) mass is 627 g/mol. The third-order valence-electron chi connectivity index (χ3n) is 9.93. The van der Waals surface area contributed by atoms with Crippen LogP contribution in [0.1, 0.15) is 42.6 Å². The number of benzene rings is 2. The maximum atomic E-state index is 14.6. The number of rotatable bonds is 4. The zero-order valence-corrected chi connectivity index (χ0v) is 26.7. The number of hydrogen-bond donors (Lipinski definition) is 1. The number of aliphatic hydroxyl groups excluding tert-OH is 1. The number of aliphatic hydroxyl groups is 1. The second-order valence-electron chi connectivity index (χ2n) is 12.7. The molecule has 242 valence electrons. The predicted molar refractivity (Wildman–Crippen MR) is 170 cm³/mol. The molecule has 1 N–H and O–H groups in total. The number of fused-ring (bicyclic) bond motifs is 2. The summed E-state index contributed by atoms with van der Waals surface area (Å²) in [5.74, 6) is -3.67. The first-order valence-electron chi connectivity index (χ1n) is 15.9. The fourth-order valence-electron chi connectivity index (χ4n) is 7.46. The van der Waals surface area contributed by atoms with Crippen molar-refractivity contribution < 1.29 is 33.8 Å². The number of hydrogen-bond acceptors (Lipinski definition) is 7. The molecule has 0 aliphatic carbocycles. The zero-order valence-electron chi connectivity index (χ0n) is 26.7. The number of β-amino-alcohol motifs (C(OH)–C–C–N with tert-alkyl or cyclic N) is 1. The lowest BCUT2D eigenvalue weighted by atomic mass is 9.77. The van der Waals surface area contributed by atoms with Crippen molar-refractivity contribution in [1.29, 1.82) is 0 Å². The van der Waals surface area contributed by atoms with Crippen molar-refractivity contribution in [3.05, 3.63) is 89.5 Å². The van der Waals surface area contributed by atoms with Crippen LogP contribution in [-0.2, 0) is 28.7 Å². The first-order valence-corrected chi connectivity index (χ1v) is 15.9. The second kappa shape index (κ2) is 12.5. The normalized spacial score (nSPS) is 32.2. The summed E-state index contributed by atoms with van der Waals surface area (Å²) >= 11 is 0. The van der Waals surface area contributed by atoms with Gasteiger partial charge >= 0.3 is 5.97 Å². The number of anilines is 1. The van der Waals surface area contributed by atoms with Crippen LogP contribution in [-0.4, -0.2) is 89.1 Å². The molecule has 1 spiro atoms. The van der Waals surface area contributed by atoms with Gasteiger partial charge in [0, 0.05) is 32.2 Å². The third-order valence-corrected chi connectivity index (χ3v) is 9.93. The first-order chi connectivity index (χ1) is 22.1. The van der Waals surface area contributed by atoms with Gasteiger partial charge in [0.2, 0.25) is 11.8 Å². The number of cyclic esters (lactones) is 1. The lowest BCUT2D eigenvalue weighted by Gasteiger charge is -2.35. The largest absolute Gasteiger partial charge is 0.455 e. The van der Waals surface area contributed by atoms with E-state index in [1.54, 1.807) is 35.1 Å². The summed E-state index contributed by atoms with van der Waals surface area (Å²) < 4.78 is 13.0.